The van der Waals surface area contributed by atoms with Gasteiger partial charge >= 0.3 is 0 Å². The third-order valence-electron chi connectivity index (χ3n) is 2.40. The molecule has 96 valence electrons. The minimum Gasteiger partial charge on any atom is -0.380 e. The first-order valence-corrected chi connectivity index (χ1v) is 6.34. The molecule has 0 bridgehead atoms. The standard InChI is InChI=1S/C13H19ClFNO/c1-2-3-7-17-8-6-16-10-11-4-5-12(14)9-13(11)15/h4-5,9,16H,2-3,6-8,10H2,1H3. The minimum absolute atomic E-state index is 0.267. The zero-order chi connectivity index (χ0) is 12.5. The van der Waals surface area contributed by atoms with Gasteiger partial charge in [0, 0.05) is 30.3 Å². The first-order valence-electron chi connectivity index (χ1n) is 5.96. The summed E-state index contributed by atoms with van der Waals surface area (Å²) < 4.78 is 18.8. The molecule has 0 heterocycles. The van der Waals surface area contributed by atoms with Crippen LogP contribution >= 0.6 is 11.6 Å². The summed E-state index contributed by atoms with van der Waals surface area (Å²) in [5.41, 5.74) is 0.628. The molecular weight excluding hydrogens is 241 g/mol. The predicted molar refractivity (Wildman–Crippen MR) is 68.8 cm³/mol. The number of ether oxygens (including phenoxy) is 1. The summed E-state index contributed by atoms with van der Waals surface area (Å²) in [5.74, 6) is -0.267. The molecule has 0 spiro atoms. The van der Waals surface area contributed by atoms with Crippen molar-refractivity contribution in [1.82, 2.24) is 5.32 Å². The summed E-state index contributed by atoms with van der Waals surface area (Å²) in [6.07, 6.45) is 2.23. The number of hydrogen-bond acceptors (Lipinski definition) is 2. The lowest BCUT2D eigenvalue weighted by Crippen LogP contribution is -2.20. The van der Waals surface area contributed by atoms with Gasteiger partial charge in [0.2, 0.25) is 0 Å². The fraction of sp³-hybridized carbons (Fsp3) is 0.538. The molecule has 0 unspecified atom stereocenters. The van der Waals surface area contributed by atoms with Gasteiger partial charge in [0.25, 0.3) is 0 Å². The van der Waals surface area contributed by atoms with Gasteiger partial charge in [-0.15, -0.1) is 0 Å². The topological polar surface area (TPSA) is 21.3 Å². The molecule has 0 saturated carbocycles. The van der Waals surface area contributed by atoms with Gasteiger partial charge in [-0.25, -0.2) is 4.39 Å². The summed E-state index contributed by atoms with van der Waals surface area (Å²) in [4.78, 5) is 0. The maximum atomic E-state index is 13.4. The number of unbranched alkanes of at least 4 members (excludes halogenated alkanes) is 1. The van der Waals surface area contributed by atoms with E-state index in [1.807, 2.05) is 0 Å². The molecule has 1 rings (SSSR count). The first-order chi connectivity index (χ1) is 8.24. The van der Waals surface area contributed by atoms with E-state index in [-0.39, 0.29) is 5.82 Å². The molecule has 1 aromatic rings. The largest absolute Gasteiger partial charge is 0.380 e. The van der Waals surface area contributed by atoms with Crippen LogP contribution in [0, 0.1) is 5.82 Å². The van der Waals surface area contributed by atoms with Crippen molar-refractivity contribution in [2.75, 3.05) is 19.8 Å². The van der Waals surface area contributed by atoms with Crippen molar-refractivity contribution in [2.24, 2.45) is 0 Å². The zero-order valence-electron chi connectivity index (χ0n) is 10.1. The van der Waals surface area contributed by atoms with E-state index in [1.165, 1.54) is 6.07 Å². The Morgan fingerprint density at radius 3 is 2.88 bits per heavy atom. The molecule has 0 saturated heterocycles. The summed E-state index contributed by atoms with van der Waals surface area (Å²) in [5, 5.41) is 3.56. The van der Waals surface area contributed by atoms with Gasteiger partial charge in [0.15, 0.2) is 0 Å². The third-order valence-corrected chi connectivity index (χ3v) is 2.63. The van der Waals surface area contributed by atoms with E-state index in [2.05, 4.69) is 12.2 Å². The smallest absolute Gasteiger partial charge is 0.129 e. The minimum atomic E-state index is -0.267. The third kappa shape index (κ3) is 6.01. The lowest BCUT2D eigenvalue weighted by molar-refractivity contribution is 0.133. The highest BCUT2D eigenvalue weighted by Crippen LogP contribution is 2.14. The number of halogens is 2. The fourth-order valence-corrected chi connectivity index (χ4v) is 1.54. The van der Waals surface area contributed by atoms with Gasteiger partial charge in [-0.1, -0.05) is 31.0 Å². The number of rotatable bonds is 8. The van der Waals surface area contributed by atoms with Gasteiger partial charge in [-0.2, -0.15) is 0 Å². The summed E-state index contributed by atoms with van der Waals surface area (Å²) in [6, 6.07) is 4.72. The van der Waals surface area contributed by atoms with Crippen LogP contribution in [0.2, 0.25) is 5.02 Å². The van der Waals surface area contributed by atoms with E-state index in [0.717, 1.165) is 26.0 Å². The van der Waals surface area contributed by atoms with Crippen LogP contribution in [0.15, 0.2) is 18.2 Å². The lowest BCUT2D eigenvalue weighted by atomic mass is 10.2. The molecule has 0 radical (unpaired) electrons. The van der Waals surface area contributed by atoms with E-state index >= 15 is 0 Å². The van der Waals surface area contributed by atoms with Crippen molar-refractivity contribution < 1.29 is 9.13 Å². The van der Waals surface area contributed by atoms with E-state index in [1.54, 1.807) is 12.1 Å². The Balaban J connectivity index is 2.14. The molecule has 0 aliphatic carbocycles. The maximum absolute atomic E-state index is 13.4. The normalized spacial score (nSPS) is 10.8. The summed E-state index contributed by atoms with van der Waals surface area (Å²) >= 11 is 5.67. The van der Waals surface area contributed by atoms with Crippen LogP contribution in [0.1, 0.15) is 25.3 Å². The first kappa shape index (κ1) is 14.4. The van der Waals surface area contributed by atoms with Crippen molar-refractivity contribution in [3.8, 4) is 0 Å². The van der Waals surface area contributed by atoms with Crippen LogP contribution in [-0.4, -0.2) is 19.8 Å². The van der Waals surface area contributed by atoms with Crippen LogP contribution in [0.5, 0.6) is 0 Å². The molecule has 0 aliphatic heterocycles. The van der Waals surface area contributed by atoms with Gasteiger partial charge in [-0.05, 0) is 18.6 Å². The van der Waals surface area contributed by atoms with Crippen LogP contribution in [0.3, 0.4) is 0 Å². The van der Waals surface area contributed by atoms with Crippen LogP contribution in [-0.2, 0) is 11.3 Å². The van der Waals surface area contributed by atoms with Gasteiger partial charge in [-0.3, -0.25) is 0 Å². The fourth-order valence-electron chi connectivity index (χ4n) is 1.38. The van der Waals surface area contributed by atoms with Crippen LogP contribution in [0.25, 0.3) is 0 Å². The van der Waals surface area contributed by atoms with Crippen molar-refractivity contribution in [2.45, 2.75) is 26.3 Å². The van der Waals surface area contributed by atoms with Gasteiger partial charge in [0.1, 0.15) is 5.82 Å². The molecule has 17 heavy (non-hydrogen) atoms. The Morgan fingerprint density at radius 2 is 2.18 bits per heavy atom. The molecule has 1 aromatic carbocycles. The Hall–Kier alpha value is -0.640. The average molecular weight is 260 g/mol. The molecule has 1 N–H and O–H groups in total. The second-order valence-electron chi connectivity index (χ2n) is 3.88. The van der Waals surface area contributed by atoms with E-state index in [0.29, 0.717) is 23.7 Å². The highest BCUT2D eigenvalue weighted by molar-refractivity contribution is 6.30. The predicted octanol–water partition coefficient (Wildman–Crippen LogP) is 3.39. The molecule has 0 amide bonds. The zero-order valence-corrected chi connectivity index (χ0v) is 10.9. The highest BCUT2D eigenvalue weighted by atomic mass is 35.5. The van der Waals surface area contributed by atoms with Crippen molar-refractivity contribution in [3.63, 3.8) is 0 Å². The van der Waals surface area contributed by atoms with Gasteiger partial charge in [0.05, 0.1) is 6.61 Å². The summed E-state index contributed by atoms with van der Waals surface area (Å²) in [7, 11) is 0. The molecule has 2 nitrogen and oxygen atoms in total. The van der Waals surface area contributed by atoms with Crippen molar-refractivity contribution >= 4 is 11.6 Å². The van der Waals surface area contributed by atoms with Crippen molar-refractivity contribution in [3.05, 3.63) is 34.6 Å². The number of hydrogen-bond donors (Lipinski definition) is 1. The maximum Gasteiger partial charge on any atom is 0.129 e. The number of nitrogens with one attached hydrogen (secondary N) is 1. The molecule has 0 atom stereocenters. The second-order valence-corrected chi connectivity index (χ2v) is 4.31. The SMILES string of the molecule is CCCCOCCNCc1ccc(Cl)cc1F. The number of benzene rings is 1. The molecule has 4 heteroatoms. The average Bonchev–Trinajstić information content (AvgIpc) is 2.30. The molecule has 0 aromatic heterocycles. The summed E-state index contributed by atoms with van der Waals surface area (Å²) in [6.45, 7) is 4.82. The quantitative estimate of drug-likeness (QED) is 0.723. The Kier molecular flexibility index (Phi) is 7.17. The van der Waals surface area contributed by atoms with E-state index in [4.69, 9.17) is 16.3 Å². The Bertz CT molecular complexity index is 333. The molecule has 0 fully saturated rings. The van der Waals surface area contributed by atoms with E-state index < -0.39 is 0 Å². The van der Waals surface area contributed by atoms with E-state index in [9.17, 15) is 4.39 Å². The van der Waals surface area contributed by atoms with Crippen molar-refractivity contribution in [1.29, 1.82) is 0 Å². The highest BCUT2D eigenvalue weighted by Gasteiger charge is 2.01. The Labute approximate surface area is 107 Å². The second kappa shape index (κ2) is 8.45. The lowest BCUT2D eigenvalue weighted by Gasteiger charge is -2.07. The van der Waals surface area contributed by atoms with Gasteiger partial charge < -0.3 is 10.1 Å². The monoisotopic (exact) mass is 259 g/mol. The van der Waals surface area contributed by atoms with Crippen LogP contribution in [0.4, 0.5) is 4.39 Å². The Morgan fingerprint density at radius 1 is 1.35 bits per heavy atom. The van der Waals surface area contributed by atoms with Crippen LogP contribution < -0.4 is 5.32 Å². The molecule has 0 aliphatic rings. The molecular formula is C13H19ClFNO.